The third-order valence-corrected chi connectivity index (χ3v) is 4.95. The summed E-state index contributed by atoms with van der Waals surface area (Å²) in [4.78, 5) is 18.2. The fourth-order valence-electron chi connectivity index (χ4n) is 2.15. The van der Waals surface area contributed by atoms with E-state index in [9.17, 15) is 4.57 Å². The van der Waals surface area contributed by atoms with Gasteiger partial charge in [0.05, 0.1) is 6.16 Å². The first-order valence-corrected chi connectivity index (χ1v) is 12.4. The van der Waals surface area contributed by atoms with E-state index in [0.717, 1.165) is 16.9 Å². The topological polar surface area (TPSA) is 66.8 Å². The maximum atomic E-state index is 11.2. The number of benzene rings is 1. The third-order valence-electron chi connectivity index (χ3n) is 3.31. The van der Waals surface area contributed by atoms with Gasteiger partial charge >= 0.3 is 7.60 Å². The first-order valence-electron chi connectivity index (χ1n) is 7.15. The lowest BCUT2D eigenvalue weighted by Gasteiger charge is -2.31. The molecular formula is C15H27O4PSi. The second kappa shape index (κ2) is 6.25. The van der Waals surface area contributed by atoms with E-state index in [1.54, 1.807) is 0 Å². The molecule has 0 spiro atoms. The zero-order valence-corrected chi connectivity index (χ0v) is 15.7. The Morgan fingerprint density at radius 1 is 1.24 bits per heavy atom. The SMILES string of the molecule is Cc1ccc(O[Si](C)(C)C)c(C(C)(C)CCP(=O)(O)O)c1. The highest BCUT2D eigenvalue weighted by Gasteiger charge is 2.29. The quantitative estimate of drug-likeness (QED) is 0.610. The average Bonchev–Trinajstić information content (AvgIpc) is 2.26. The molecule has 0 radical (unpaired) electrons. The Balaban J connectivity index is 3.14. The van der Waals surface area contributed by atoms with Gasteiger partial charge in [-0.05, 0) is 50.0 Å². The molecule has 0 aliphatic carbocycles. The van der Waals surface area contributed by atoms with E-state index in [-0.39, 0.29) is 11.6 Å². The Morgan fingerprint density at radius 2 is 1.81 bits per heavy atom. The van der Waals surface area contributed by atoms with Crippen LogP contribution in [0.3, 0.4) is 0 Å². The Kier molecular flexibility index (Phi) is 5.49. The highest BCUT2D eigenvalue weighted by molar-refractivity contribution is 7.51. The summed E-state index contributed by atoms with van der Waals surface area (Å²) >= 11 is 0. The van der Waals surface area contributed by atoms with E-state index < -0.39 is 15.9 Å². The molecule has 21 heavy (non-hydrogen) atoms. The molecule has 0 bridgehead atoms. The van der Waals surface area contributed by atoms with E-state index in [1.165, 1.54) is 0 Å². The molecular weight excluding hydrogens is 303 g/mol. The molecule has 0 atom stereocenters. The molecule has 0 aliphatic rings. The van der Waals surface area contributed by atoms with Crippen molar-refractivity contribution in [2.75, 3.05) is 6.16 Å². The van der Waals surface area contributed by atoms with Gasteiger partial charge in [0.2, 0.25) is 8.32 Å². The van der Waals surface area contributed by atoms with Crippen LogP contribution in [0.25, 0.3) is 0 Å². The van der Waals surface area contributed by atoms with Gasteiger partial charge in [0.15, 0.2) is 0 Å². The zero-order chi connectivity index (χ0) is 16.5. The molecule has 2 N–H and O–H groups in total. The van der Waals surface area contributed by atoms with Gasteiger partial charge in [-0.2, -0.15) is 0 Å². The Morgan fingerprint density at radius 3 is 2.29 bits per heavy atom. The minimum absolute atomic E-state index is 0.111. The van der Waals surface area contributed by atoms with Crippen molar-refractivity contribution in [2.24, 2.45) is 0 Å². The minimum Gasteiger partial charge on any atom is -0.544 e. The lowest BCUT2D eigenvalue weighted by atomic mass is 9.81. The lowest BCUT2D eigenvalue weighted by molar-refractivity contribution is 0.362. The standard InChI is InChI=1S/C15H27O4PSi/c1-12-7-8-14(19-21(4,5)6)13(11-12)15(2,3)9-10-20(16,17)18/h7-8,11H,9-10H2,1-6H3,(H2,16,17,18). The maximum Gasteiger partial charge on any atom is 0.325 e. The van der Waals surface area contributed by atoms with Crippen LogP contribution in [0.2, 0.25) is 19.6 Å². The molecule has 0 heterocycles. The van der Waals surface area contributed by atoms with Crippen LogP contribution in [-0.2, 0) is 9.98 Å². The maximum absolute atomic E-state index is 11.2. The summed E-state index contributed by atoms with van der Waals surface area (Å²) in [5, 5.41) is 0. The third kappa shape index (κ3) is 6.35. The second-order valence-electron chi connectivity index (χ2n) is 7.24. The van der Waals surface area contributed by atoms with Gasteiger partial charge in [-0.25, -0.2) is 0 Å². The van der Waals surface area contributed by atoms with Crippen LogP contribution >= 0.6 is 7.60 Å². The van der Waals surface area contributed by atoms with E-state index in [1.807, 2.05) is 32.9 Å². The molecule has 0 unspecified atom stereocenters. The molecule has 4 nitrogen and oxygen atoms in total. The van der Waals surface area contributed by atoms with Gasteiger partial charge < -0.3 is 14.2 Å². The molecule has 0 amide bonds. The molecule has 0 aromatic heterocycles. The smallest absolute Gasteiger partial charge is 0.325 e. The lowest BCUT2D eigenvalue weighted by Crippen LogP contribution is -2.31. The van der Waals surface area contributed by atoms with Crippen molar-refractivity contribution in [3.8, 4) is 5.75 Å². The first-order chi connectivity index (χ1) is 9.30. The van der Waals surface area contributed by atoms with Crippen molar-refractivity contribution in [3.05, 3.63) is 29.3 Å². The monoisotopic (exact) mass is 330 g/mol. The summed E-state index contributed by atoms with van der Waals surface area (Å²) in [5.74, 6) is 0.843. The molecule has 0 saturated heterocycles. The van der Waals surface area contributed by atoms with Crippen LogP contribution in [-0.4, -0.2) is 24.3 Å². The first kappa shape index (κ1) is 18.4. The van der Waals surface area contributed by atoms with Crippen molar-refractivity contribution in [3.63, 3.8) is 0 Å². The summed E-state index contributed by atoms with van der Waals surface area (Å²) < 4.78 is 17.3. The highest BCUT2D eigenvalue weighted by atomic mass is 31.2. The number of aryl methyl sites for hydroxylation is 1. The average molecular weight is 330 g/mol. The Bertz CT molecular complexity index is 543. The molecule has 1 rings (SSSR count). The summed E-state index contributed by atoms with van der Waals surface area (Å²) in [6.07, 6.45) is 0.309. The largest absolute Gasteiger partial charge is 0.544 e. The summed E-state index contributed by atoms with van der Waals surface area (Å²) in [6, 6.07) is 6.05. The van der Waals surface area contributed by atoms with Crippen molar-refractivity contribution in [1.82, 2.24) is 0 Å². The van der Waals surface area contributed by atoms with Crippen molar-refractivity contribution < 1.29 is 18.8 Å². The normalized spacial score (nSPS) is 13.3. The molecule has 6 heteroatoms. The van der Waals surface area contributed by atoms with E-state index in [2.05, 4.69) is 25.7 Å². The van der Waals surface area contributed by atoms with Gasteiger partial charge in [-0.1, -0.05) is 31.5 Å². The Labute approximate surface area is 128 Å². The van der Waals surface area contributed by atoms with Gasteiger partial charge in [-0.3, -0.25) is 4.57 Å². The number of hydrogen-bond donors (Lipinski definition) is 2. The summed E-state index contributed by atoms with van der Waals surface area (Å²) in [5.41, 5.74) is 1.80. The van der Waals surface area contributed by atoms with Crippen molar-refractivity contribution >= 4 is 15.9 Å². The van der Waals surface area contributed by atoms with Crippen LogP contribution in [0, 0.1) is 6.92 Å². The number of rotatable bonds is 6. The fourth-order valence-corrected chi connectivity index (χ4v) is 3.84. The molecule has 1 aromatic carbocycles. The van der Waals surface area contributed by atoms with Crippen LogP contribution < -0.4 is 4.43 Å². The number of hydrogen-bond acceptors (Lipinski definition) is 2. The van der Waals surface area contributed by atoms with Gasteiger partial charge in [-0.15, -0.1) is 0 Å². The van der Waals surface area contributed by atoms with Crippen LogP contribution in [0.5, 0.6) is 5.75 Å². The van der Waals surface area contributed by atoms with E-state index in [4.69, 9.17) is 14.2 Å². The fraction of sp³-hybridized carbons (Fsp3) is 0.600. The zero-order valence-electron chi connectivity index (χ0n) is 13.8. The summed E-state index contributed by atoms with van der Waals surface area (Å²) in [6.45, 7) is 12.4. The predicted molar refractivity (Wildman–Crippen MR) is 89.7 cm³/mol. The van der Waals surface area contributed by atoms with Gasteiger partial charge in [0, 0.05) is 0 Å². The van der Waals surface area contributed by atoms with Crippen LogP contribution in [0.4, 0.5) is 0 Å². The predicted octanol–water partition coefficient (Wildman–Crippen LogP) is 4.05. The van der Waals surface area contributed by atoms with Crippen molar-refractivity contribution in [2.45, 2.75) is 52.2 Å². The van der Waals surface area contributed by atoms with E-state index >= 15 is 0 Å². The minimum atomic E-state index is -3.98. The molecule has 0 fully saturated rings. The summed E-state index contributed by atoms with van der Waals surface area (Å²) in [7, 11) is -5.72. The highest BCUT2D eigenvalue weighted by Crippen LogP contribution is 2.42. The van der Waals surface area contributed by atoms with Crippen LogP contribution in [0.1, 0.15) is 31.4 Å². The van der Waals surface area contributed by atoms with E-state index in [0.29, 0.717) is 6.42 Å². The second-order valence-corrected chi connectivity index (χ2v) is 13.4. The molecule has 0 aliphatic heterocycles. The molecule has 120 valence electrons. The van der Waals surface area contributed by atoms with Gasteiger partial charge in [0.25, 0.3) is 0 Å². The molecule has 1 aromatic rings. The Hall–Kier alpha value is -0.613. The molecule has 0 saturated carbocycles. The van der Waals surface area contributed by atoms with Gasteiger partial charge in [0.1, 0.15) is 5.75 Å². The van der Waals surface area contributed by atoms with Crippen molar-refractivity contribution in [1.29, 1.82) is 0 Å². The van der Waals surface area contributed by atoms with Crippen LogP contribution in [0.15, 0.2) is 18.2 Å².